The topological polar surface area (TPSA) is 32.3 Å². The van der Waals surface area contributed by atoms with Gasteiger partial charge in [-0.05, 0) is 24.1 Å². The number of rotatable bonds is 5. The highest BCUT2D eigenvalue weighted by Gasteiger charge is 2.06. The summed E-state index contributed by atoms with van der Waals surface area (Å²) in [6.45, 7) is 0.680. The van der Waals surface area contributed by atoms with Crippen LogP contribution in [0.5, 0.6) is 0 Å². The maximum atomic E-state index is 9.99. The Morgan fingerprint density at radius 1 is 1.00 bits per heavy atom. The Balaban J connectivity index is 1.84. The average molecular weight is 262 g/mol. The van der Waals surface area contributed by atoms with Crippen molar-refractivity contribution in [1.29, 1.82) is 0 Å². The SMILES string of the molecule is OC(CCNc1ccccc1Cl)c1ccccc1. The predicted molar refractivity (Wildman–Crippen MR) is 76.0 cm³/mol. The number of anilines is 1. The van der Waals surface area contributed by atoms with E-state index in [2.05, 4.69) is 5.32 Å². The van der Waals surface area contributed by atoms with Crippen molar-refractivity contribution in [3.63, 3.8) is 0 Å². The molecule has 0 saturated carbocycles. The molecule has 0 bridgehead atoms. The summed E-state index contributed by atoms with van der Waals surface area (Å²) in [7, 11) is 0. The van der Waals surface area contributed by atoms with Gasteiger partial charge in [0.1, 0.15) is 0 Å². The van der Waals surface area contributed by atoms with Gasteiger partial charge in [0.05, 0.1) is 16.8 Å². The zero-order valence-electron chi connectivity index (χ0n) is 10.0. The molecule has 0 aromatic heterocycles. The highest BCUT2D eigenvalue weighted by Crippen LogP contribution is 2.21. The largest absolute Gasteiger partial charge is 0.388 e. The van der Waals surface area contributed by atoms with Crippen molar-refractivity contribution in [1.82, 2.24) is 0 Å². The van der Waals surface area contributed by atoms with Gasteiger partial charge in [0.15, 0.2) is 0 Å². The molecule has 1 unspecified atom stereocenters. The van der Waals surface area contributed by atoms with Gasteiger partial charge in [-0.1, -0.05) is 54.1 Å². The first-order valence-corrected chi connectivity index (χ1v) is 6.36. The van der Waals surface area contributed by atoms with Crippen LogP contribution < -0.4 is 5.32 Å². The lowest BCUT2D eigenvalue weighted by molar-refractivity contribution is 0.171. The van der Waals surface area contributed by atoms with Gasteiger partial charge in [-0.15, -0.1) is 0 Å². The molecule has 2 aromatic carbocycles. The van der Waals surface area contributed by atoms with E-state index in [4.69, 9.17) is 11.6 Å². The van der Waals surface area contributed by atoms with Crippen LogP contribution in [0.1, 0.15) is 18.1 Å². The molecule has 0 heterocycles. The lowest BCUT2D eigenvalue weighted by atomic mass is 10.1. The van der Waals surface area contributed by atoms with Gasteiger partial charge in [0, 0.05) is 6.54 Å². The third-order valence-electron chi connectivity index (χ3n) is 2.79. The molecule has 0 radical (unpaired) electrons. The Morgan fingerprint density at radius 2 is 1.67 bits per heavy atom. The van der Waals surface area contributed by atoms with E-state index in [0.717, 1.165) is 11.3 Å². The molecule has 2 nitrogen and oxygen atoms in total. The number of nitrogens with one attached hydrogen (secondary N) is 1. The van der Waals surface area contributed by atoms with E-state index >= 15 is 0 Å². The fraction of sp³-hybridized carbons (Fsp3) is 0.200. The van der Waals surface area contributed by atoms with Crippen LogP contribution in [0.4, 0.5) is 5.69 Å². The van der Waals surface area contributed by atoms with Crippen LogP contribution in [-0.4, -0.2) is 11.7 Å². The Morgan fingerprint density at radius 3 is 2.39 bits per heavy atom. The van der Waals surface area contributed by atoms with Crippen molar-refractivity contribution in [2.45, 2.75) is 12.5 Å². The van der Waals surface area contributed by atoms with Crippen molar-refractivity contribution < 1.29 is 5.11 Å². The normalized spacial score (nSPS) is 12.1. The van der Waals surface area contributed by atoms with Gasteiger partial charge in [-0.2, -0.15) is 0 Å². The van der Waals surface area contributed by atoms with E-state index in [1.165, 1.54) is 0 Å². The van der Waals surface area contributed by atoms with Crippen molar-refractivity contribution in [3.8, 4) is 0 Å². The maximum Gasteiger partial charge on any atom is 0.0806 e. The molecule has 0 amide bonds. The van der Waals surface area contributed by atoms with Gasteiger partial charge in [-0.25, -0.2) is 0 Å². The minimum absolute atomic E-state index is 0.443. The molecular weight excluding hydrogens is 246 g/mol. The highest BCUT2D eigenvalue weighted by atomic mass is 35.5. The fourth-order valence-corrected chi connectivity index (χ4v) is 1.99. The number of hydrogen-bond acceptors (Lipinski definition) is 2. The van der Waals surface area contributed by atoms with Crippen LogP contribution in [0.3, 0.4) is 0 Å². The first-order chi connectivity index (χ1) is 8.77. The molecule has 2 N–H and O–H groups in total. The molecule has 1 atom stereocenters. The Labute approximate surface area is 112 Å². The molecule has 2 aromatic rings. The zero-order chi connectivity index (χ0) is 12.8. The molecule has 3 heteroatoms. The lowest BCUT2D eigenvalue weighted by Gasteiger charge is -2.12. The van der Waals surface area contributed by atoms with Crippen molar-refractivity contribution in [2.75, 3.05) is 11.9 Å². The molecule has 2 rings (SSSR count). The van der Waals surface area contributed by atoms with Crippen LogP contribution in [0.25, 0.3) is 0 Å². The quantitative estimate of drug-likeness (QED) is 0.856. The van der Waals surface area contributed by atoms with E-state index in [1.807, 2.05) is 54.6 Å². The standard InChI is InChI=1S/C15H16ClNO/c16-13-8-4-5-9-14(13)17-11-10-15(18)12-6-2-1-3-7-12/h1-9,15,17-18H,10-11H2. The van der Waals surface area contributed by atoms with E-state index < -0.39 is 6.10 Å². The van der Waals surface area contributed by atoms with E-state index in [0.29, 0.717) is 18.0 Å². The van der Waals surface area contributed by atoms with Crippen molar-refractivity contribution in [3.05, 3.63) is 65.2 Å². The van der Waals surface area contributed by atoms with Crippen LogP contribution in [0.2, 0.25) is 5.02 Å². The molecule has 0 saturated heterocycles. The summed E-state index contributed by atoms with van der Waals surface area (Å²) < 4.78 is 0. The first-order valence-electron chi connectivity index (χ1n) is 5.99. The summed E-state index contributed by atoms with van der Waals surface area (Å²) in [5.41, 5.74) is 1.85. The van der Waals surface area contributed by atoms with Crippen molar-refractivity contribution >= 4 is 17.3 Å². The molecule has 18 heavy (non-hydrogen) atoms. The average Bonchev–Trinajstić information content (AvgIpc) is 2.42. The van der Waals surface area contributed by atoms with E-state index in [-0.39, 0.29) is 0 Å². The van der Waals surface area contributed by atoms with E-state index in [1.54, 1.807) is 0 Å². The monoisotopic (exact) mass is 261 g/mol. The Hall–Kier alpha value is -1.51. The number of halogens is 1. The minimum atomic E-state index is -0.443. The second-order valence-electron chi connectivity index (χ2n) is 4.12. The molecule has 0 aliphatic heterocycles. The van der Waals surface area contributed by atoms with Crippen LogP contribution >= 0.6 is 11.6 Å². The van der Waals surface area contributed by atoms with Gasteiger partial charge in [0.2, 0.25) is 0 Å². The van der Waals surface area contributed by atoms with Gasteiger partial charge in [0.25, 0.3) is 0 Å². The van der Waals surface area contributed by atoms with Crippen LogP contribution in [-0.2, 0) is 0 Å². The number of aliphatic hydroxyl groups excluding tert-OH is 1. The smallest absolute Gasteiger partial charge is 0.0806 e. The third-order valence-corrected chi connectivity index (χ3v) is 3.12. The van der Waals surface area contributed by atoms with Gasteiger partial charge >= 0.3 is 0 Å². The molecule has 0 aliphatic carbocycles. The molecular formula is C15H16ClNO. The summed E-state index contributed by atoms with van der Waals surface area (Å²) in [6, 6.07) is 17.3. The molecule has 0 spiro atoms. The fourth-order valence-electron chi connectivity index (χ4n) is 1.79. The summed E-state index contributed by atoms with van der Waals surface area (Å²) in [4.78, 5) is 0. The summed E-state index contributed by atoms with van der Waals surface area (Å²) >= 11 is 6.03. The predicted octanol–water partition coefficient (Wildman–Crippen LogP) is 3.88. The van der Waals surface area contributed by atoms with Gasteiger partial charge in [-0.3, -0.25) is 0 Å². The Kier molecular flexibility index (Phi) is 4.62. The lowest BCUT2D eigenvalue weighted by Crippen LogP contribution is -2.07. The summed E-state index contributed by atoms with van der Waals surface area (Å²) in [6.07, 6.45) is 0.205. The highest BCUT2D eigenvalue weighted by molar-refractivity contribution is 6.33. The molecule has 0 fully saturated rings. The second-order valence-corrected chi connectivity index (χ2v) is 4.53. The van der Waals surface area contributed by atoms with Crippen molar-refractivity contribution in [2.24, 2.45) is 0 Å². The van der Waals surface area contributed by atoms with Gasteiger partial charge < -0.3 is 10.4 Å². The Bertz CT molecular complexity index is 487. The summed E-state index contributed by atoms with van der Waals surface area (Å²) in [5, 5.41) is 13.9. The molecule has 94 valence electrons. The van der Waals surface area contributed by atoms with Crippen LogP contribution in [0, 0.1) is 0 Å². The number of aliphatic hydroxyl groups is 1. The molecule has 0 aliphatic rings. The van der Waals surface area contributed by atoms with Crippen LogP contribution in [0.15, 0.2) is 54.6 Å². The maximum absolute atomic E-state index is 9.99. The number of hydrogen-bond donors (Lipinski definition) is 2. The third kappa shape index (κ3) is 3.49. The number of para-hydroxylation sites is 1. The second kappa shape index (κ2) is 6.43. The zero-order valence-corrected chi connectivity index (χ0v) is 10.8. The minimum Gasteiger partial charge on any atom is -0.388 e. The summed E-state index contributed by atoms with van der Waals surface area (Å²) in [5.74, 6) is 0. The van der Waals surface area contributed by atoms with E-state index in [9.17, 15) is 5.11 Å². The first kappa shape index (κ1) is 12.9. The number of benzene rings is 2.